The molecule has 4 rings (SSSR count). The topological polar surface area (TPSA) is 38.3 Å². The van der Waals surface area contributed by atoms with E-state index in [1.807, 2.05) is 30.3 Å². The van der Waals surface area contributed by atoms with Crippen molar-refractivity contribution >= 4 is 17.5 Å². The first-order valence-corrected chi connectivity index (χ1v) is 9.83. The predicted molar refractivity (Wildman–Crippen MR) is 103 cm³/mol. The monoisotopic (exact) mass is 387 g/mol. The molecule has 2 aromatic rings. The molecule has 0 radical (unpaired) electrons. The third kappa shape index (κ3) is 3.87. The SMILES string of the molecule is O=C(NCC1(c2ccccc2Cl)CCOCC1)C1CC1c1cccc(F)c1. The molecule has 1 aliphatic carbocycles. The zero-order chi connectivity index (χ0) is 18.9. The maximum absolute atomic E-state index is 13.4. The normalized spacial score (nSPS) is 23.6. The van der Waals surface area contributed by atoms with Crippen LogP contribution in [0.2, 0.25) is 5.02 Å². The fourth-order valence-corrected chi connectivity index (χ4v) is 4.51. The van der Waals surface area contributed by atoms with Crippen LogP contribution in [-0.4, -0.2) is 25.7 Å². The van der Waals surface area contributed by atoms with Crippen LogP contribution >= 0.6 is 11.6 Å². The van der Waals surface area contributed by atoms with Gasteiger partial charge in [0.05, 0.1) is 0 Å². The van der Waals surface area contributed by atoms with Crippen molar-refractivity contribution in [2.45, 2.75) is 30.6 Å². The van der Waals surface area contributed by atoms with E-state index in [4.69, 9.17) is 16.3 Å². The minimum atomic E-state index is -0.251. The highest BCUT2D eigenvalue weighted by Gasteiger charge is 2.45. The number of carbonyl (C=O) groups is 1. The maximum Gasteiger partial charge on any atom is 0.223 e. The smallest absolute Gasteiger partial charge is 0.223 e. The third-order valence-corrected chi connectivity index (χ3v) is 6.23. The molecule has 0 bridgehead atoms. The van der Waals surface area contributed by atoms with Crippen LogP contribution in [-0.2, 0) is 14.9 Å². The minimum absolute atomic E-state index is 0.0437. The molecule has 1 amide bonds. The molecule has 1 heterocycles. The summed E-state index contributed by atoms with van der Waals surface area (Å²) >= 11 is 6.47. The van der Waals surface area contributed by atoms with E-state index in [0.717, 1.165) is 35.4 Å². The second-order valence-electron chi connectivity index (χ2n) is 7.59. The van der Waals surface area contributed by atoms with Gasteiger partial charge in [-0.05, 0) is 54.5 Å². The zero-order valence-corrected chi connectivity index (χ0v) is 15.8. The summed E-state index contributed by atoms with van der Waals surface area (Å²) in [6.07, 6.45) is 2.43. The van der Waals surface area contributed by atoms with Gasteiger partial charge in [-0.3, -0.25) is 4.79 Å². The number of amides is 1. The van der Waals surface area contributed by atoms with Crippen molar-refractivity contribution in [3.63, 3.8) is 0 Å². The summed E-state index contributed by atoms with van der Waals surface area (Å²) in [6.45, 7) is 1.87. The van der Waals surface area contributed by atoms with Gasteiger partial charge in [0.25, 0.3) is 0 Å². The number of rotatable bonds is 5. The van der Waals surface area contributed by atoms with Crippen LogP contribution in [0.5, 0.6) is 0 Å². The van der Waals surface area contributed by atoms with Crippen molar-refractivity contribution in [1.29, 1.82) is 0 Å². The summed E-state index contributed by atoms with van der Waals surface area (Å²) in [5.74, 6) is -0.165. The minimum Gasteiger partial charge on any atom is -0.381 e. The first-order valence-electron chi connectivity index (χ1n) is 9.45. The van der Waals surface area contributed by atoms with Gasteiger partial charge in [0.15, 0.2) is 0 Å². The van der Waals surface area contributed by atoms with Gasteiger partial charge in [0, 0.05) is 36.1 Å². The maximum atomic E-state index is 13.4. The molecule has 2 aromatic carbocycles. The molecule has 1 saturated heterocycles. The second kappa shape index (κ2) is 7.61. The van der Waals surface area contributed by atoms with Gasteiger partial charge in [-0.2, -0.15) is 0 Å². The number of ether oxygens (including phenoxy) is 1. The molecule has 0 spiro atoms. The van der Waals surface area contributed by atoms with E-state index in [-0.39, 0.29) is 29.0 Å². The van der Waals surface area contributed by atoms with Gasteiger partial charge >= 0.3 is 0 Å². The summed E-state index contributed by atoms with van der Waals surface area (Å²) in [7, 11) is 0. The Hall–Kier alpha value is -1.91. The van der Waals surface area contributed by atoms with Crippen LogP contribution in [0.3, 0.4) is 0 Å². The molecule has 1 aliphatic heterocycles. The highest BCUT2D eigenvalue weighted by molar-refractivity contribution is 6.31. The molecule has 2 aliphatic rings. The molecule has 2 atom stereocenters. The Bertz CT molecular complexity index is 835. The predicted octanol–water partition coefficient (Wildman–Crippen LogP) is 4.45. The van der Waals surface area contributed by atoms with Crippen molar-refractivity contribution in [3.05, 3.63) is 70.5 Å². The van der Waals surface area contributed by atoms with Gasteiger partial charge in [-0.15, -0.1) is 0 Å². The highest BCUT2D eigenvalue weighted by atomic mass is 35.5. The van der Waals surface area contributed by atoms with Crippen LogP contribution in [0.15, 0.2) is 48.5 Å². The molecular weight excluding hydrogens is 365 g/mol. The molecule has 142 valence electrons. The Morgan fingerprint density at radius 3 is 2.70 bits per heavy atom. The molecule has 1 N–H and O–H groups in total. The van der Waals surface area contributed by atoms with Crippen molar-refractivity contribution < 1.29 is 13.9 Å². The highest BCUT2D eigenvalue weighted by Crippen LogP contribution is 2.48. The molecule has 3 nitrogen and oxygen atoms in total. The summed E-state index contributed by atoms with van der Waals surface area (Å²) < 4.78 is 19.0. The summed E-state index contributed by atoms with van der Waals surface area (Å²) in [6, 6.07) is 14.4. The van der Waals surface area contributed by atoms with Crippen LogP contribution < -0.4 is 5.32 Å². The molecule has 27 heavy (non-hydrogen) atoms. The Balaban J connectivity index is 1.44. The van der Waals surface area contributed by atoms with E-state index < -0.39 is 0 Å². The van der Waals surface area contributed by atoms with Crippen LogP contribution in [0, 0.1) is 11.7 Å². The van der Waals surface area contributed by atoms with Crippen molar-refractivity contribution in [2.24, 2.45) is 5.92 Å². The average molecular weight is 388 g/mol. The first-order chi connectivity index (χ1) is 13.1. The summed E-state index contributed by atoms with van der Waals surface area (Å²) in [4.78, 5) is 12.7. The van der Waals surface area contributed by atoms with Crippen molar-refractivity contribution in [2.75, 3.05) is 19.8 Å². The Morgan fingerprint density at radius 2 is 1.96 bits per heavy atom. The van der Waals surface area contributed by atoms with Crippen molar-refractivity contribution in [3.8, 4) is 0 Å². The lowest BCUT2D eigenvalue weighted by atomic mass is 9.74. The molecule has 2 unspecified atom stereocenters. The number of hydrogen-bond acceptors (Lipinski definition) is 2. The third-order valence-electron chi connectivity index (χ3n) is 5.90. The lowest BCUT2D eigenvalue weighted by molar-refractivity contribution is -0.122. The largest absolute Gasteiger partial charge is 0.381 e. The van der Waals surface area contributed by atoms with E-state index >= 15 is 0 Å². The lowest BCUT2D eigenvalue weighted by Gasteiger charge is -2.38. The van der Waals surface area contributed by atoms with Gasteiger partial charge in [0.1, 0.15) is 5.82 Å². The van der Waals surface area contributed by atoms with Crippen LogP contribution in [0.1, 0.15) is 36.3 Å². The first kappa shape index (κ1) is 18.5. The van der Waals surface area contributed by atoms with Gasteiger partial charge < -0.3 is 10.1 Å². The van der Waals surface area contributed by atoms with E-state index in [1.165, 1.54) is 12.1 Å². The molecule has 1 saturated carbocycles. The van der Waals surface area contributed by atoms with Gasteiger partial charge in [-0.1, -0.05) is 41.9 Å². The summed E-state index contributed by atoms with van der Waals surface area (Å²) in [5.41, 5.74) is 1.78. The fourth-order valence-electron chi connectivity index (χ4n) is 4.17. The molecule has 2 fully saturated rings. The number of halogens is 2. The quantitative estimate of drug-likeness (QED) is 0.823. The fraction of sp³-hybridized carbons (Fsp3) is 0.409. The summed E-state index contributed by atoms with van der Waals surface area (Å²) in [5, 5.41) is 3.88. The Kier molecular flexibility index (Phi) is 5.20. The standard InChI is InChI=1S/C22H23ClFNO2/c23-20-7-2-1-6-19(20)22(8-10-27-11-9-22)14-25-21(26)18-13-17(18)15-4-3-5-16(24)12-15/h1-7,12,17-18H,8-11,13-14H2,(H,25,26). The van der Waals surface area contributed by atoms with Crippen molar-refractivity contribution in [1.82, 2.24) is 5.32 Å². The Morgan fingerprint density at radius 1 is 1.19 bits per heavy atom. The zero-order valence-electron chi connectivity index (χ0n) is 15.1. The van der Waals surface area contributed by atoms with E-state index in [0.29, 0.717) is 19.8 Å². The molecule has 5 heteroatoms. The van der Waals surface area contributed by atoms with Gasteiger partial charge in [0.2, 0.25) is 5.91 Å². The van der Waals surface area contributed by atoms with E-state index in [1.54, 1.807) is 6.07 Å². The lowest BCUT2D eigenvalue weighted by Crippen LogP contribution is -2.45. The molecular formula is C22H23ClFNO2. The number of carbonyl (C=O) groups excluding carboxylic acids is 1. The molecule has 0 aromatic heterocycles. The van der Waals surface area contributed by atoms with Gasteiger partial charge in [-0.25, -0.2) is 4.39 Å². The second-order valence-corrected chi connectivity index (χ2v) is 8.00. The number of benzene rings is 2. The average Bonchev–Trinajstić information content (AvgIpc) is 3.48. The van der Waals surface area contributed by atoms with E-state index in [9.17, 15) is 9.18 Å². The van der Waals surface area contributed by atoms with Crippen LogP contribution in [0.25, 0.3) is 0 Å². The van der Waals surface area contributed by atoms with E-state index in [2.05, 4.69) is 5.32 Å². The van der Waals surface area contributed by atoms with Crippen LogP contribution in [0.4, 0.5) is 4.39 Å². The number of nitrogens with one attached hydrogen (secondary N) is 1. The Labute approximate surface area is 163 Å². The number of hydrogen-bond donors (Lipinski definition) is 1.